The largest absolute Gasteiger partial charge is 0.485 e. The van der Waals surface area contributed by atoms with E-state index in [1.54, 1.807) is 18.7 Å². The quantitative estimate of drug-likeness (QED) is 0.654. The van der Waals surface area contributed by atoms with Crippen molar-refractivity contribution in [2.45, 2.75) is 6.61 Å². The molecule has 1 N–H and O–H groups in total. The van der Waals surface area contributed by atoms with Gasteiger partial charge < -0.3 is 9.72 Å². The van der Waals surface area contributed by atoms with Gasteiger partial charge in [-0.3, -0.25) is 4.98 Å². The number of imidazole rings is 1. The van der Waals surface area contributed by atoms with E-state index in [0.717, 1.165) is 22.7 Å². The Morgan fingerprint density at radius 1 is 1.46 bits per heavy atom. The van der Waals surface area contributed by atoms with Crippen molar-refractivity contribution in [2.75, 3.05) is 0 Å². The van der Waals surface area contributed by atoms with E-state index in [4.69, 9.17) is 4.74 Å². The molecule has 0 radical (unpaired) electrons. The fourth-order valence-corrected chi connectivity index (χ4v) is 1.50. The highest BCUT2D eigenvalue weighted by Gasteiger charge is 2.18. The standard InChI is InChI=1S/C9H7N3O/c1-2-10-3-8-6(1)9-7(4-13-8)11-5-12-9/h1-3,5H,4H2,(H,11,12). The average molecular weight is 173 g/mol. The Balaban J connectivity index is 2.30. The van der Waals surface area contributed by atoms with Crippen LogP contribution in [0.15, 0.2) is 24.8 Å². The van der Waals surface area contributed by atoms with Crippen LogP contribution in [-0.2, 0) is 6.61 Å². The molecule has 3 rings (SSSR count). The van der Waals surface area contributed by atoms with Gasteiger partial charge >= 0.3 is 0 Å². The second-order valence-corrected chi connectivity index (χ2v) is 2.89. The van der Waals surface area contributed by atoms with E-state index in [1.807, 2.05) is 6.07 Å². The lowest BCUT2D eigenvalue weighted by Gasteiger charge is -2.15. The van der Waals surface area contributed by atoms with Crippen molar-refractivity contribution < 1.29 is 4.74 Å². The van der Waals surface area contributed by atoms with Gasteiger partial charge in [0.1, 0.15) is 12.4 Å². The summed E-state index contributed by atoms with van der Waals surface area (Å²) in [5, 5.41) is 0. The summed E-state index contributed by atoms with van der Waals surface area (Å²) in [6.07, 6.45) is 5.14. The first-order chi connectivity index (χ1) is 6.45. The maximum atomic E-state index is 5.47. The lowest BCUT2D eigenvalue weighted by Crippen LogP contribution is -2.05. The van der Waals surface area contributed by atoms with Gasteiger partial charge in [-0.2, -0.15) is 0 Å². The zero-order chi connectivity index (χ0) is 8.67. The van der Waals surface area contributed by atoms with Crippen molar-refractivity contribution in [2.24, 2.45) is 0 Å². The van der Waals surface area contributed by atoms with Crippen LogP contribution in [0.25, 0.3) is 11.3 Å². The van der Waals surface area contributed by atoms with Gasteiger partial charge in [-0.25, -0.2) is 4.98 Å². The van der Waals surface area contributed by atoms with Gasteiger partial charge in [0.2, 0.25) is 0 Å². The summed E-state index contributed by atoms with van der Waals surface area (Å²) < 4.78 is 5.47. The SMILES string of the molecule is c1cc2c(cn1)OCc1[nH]cnc1-2. The second kappa shape index (κ2) is 2.32. The van der Waals surface area contributed by atoms with E-state index in [0.29, 0.717) is 6.61 Å². The number of aromatic amines is 1. The number of nitrogens with zero attached hydrogens (tertiary/aromatic N) is 2. The molecule has 1 aliphatic rings. The molecule has 0 amide bonds. The molecule has 13 heavy (non-hydrogen) atoms. The van der Waals surface area contributed by atoms with Crippen molar-refractivity contribution in [1.82, 2.24) is 15.0 Å². The first-order valence-corrected chi connectivity index (χ1v) is 4.04. The third kappa shape index (κ3) is 0.853. The lowest BCUT2D eigenvalue weighted by atomic mass is 10.1. The molecule has 0 spiro atoms. The molecule has 0 fully saturated rings. The summed E-state index contributed by atoms with van der Waals surface area (Å²) in [4.78, 5) is 11.3. The summed E-state index contributed by atoms with van der Waals surface area (Å²) in [6, 6.07) is 1.91. The summed E-state index contributed by atoms with van der Waals surface area (Å²) >= 11 is 0. The van der Waals surface area contributed by atoms with Crippen LogP contribution in [-0.4, -0.2) is 15.0 Å². The number of fused-ring (bicyclic) bond motifs is 3. The van der Waals surface area contributed by atoms with Gasteiger partial charge in [0, 0.05) is 11.8 Å². The van der Waals surface area contributed by atoms with Gasteiger partial charge in [0.15, 0.2) is 0 Å². The molecule has 3 heterocycles. The van der Waals surface area contributed by atoms with Crippen LogP contribution in [0.4, 0.5) is 0 Å². The first-order valence-electron chi connectivity index (χ1n) is 4.04. The topological polar surface area (TPSA) is 50.8 Å². The number of pyridine rings is 1. The number of aromatic nitrogens is 3. The Hall–Kier alpha value is -1.84. The Morgan fingerprint density at radius 3 is 3.46 bits per heavy atom. The minimum Gasteiger partial charge on any atom is -0.485 e. The van der Waals surface area contributed by atoms with Gasteiger partial charge in [-0.05, 0) is 6.07 Å². The molecule has 0 saturated carbocycles. The molecule has 0 bridgehead atoms. The Morgan fingerprint density at radius 2 is 2.46 bits per heavy atom. The van der Waals surface area contributed by atoms with Gasteiger partial charge in [0.05, 0.1) is 23.9 Å². The predicted molar refractivity (Wildman–Crippen MR) is 46.2 cm³/mol. The van der Waals surface area contributed by atoms with Gasteiger partial charge in [0.25, 0.3) is 0 Å². The average Bonchev–Trinajstić information content (AvgIpc) is 2.65. The highest BCUT2D eigenvalue weighted by Crippen LogP contribution is 2.33. The molecule has 2 aromatic heterocycles. The number of ether oxygens (including phenoxy) is 1. The maximum absolute atomic E-state index is 5.47. The van der Waals surface area contributed by atoms with Crippen molar-refractivity contribution in [3.8, 4) is 17.0 Å². The molecule has 0 aliphatic carbocycles. The Bertz CT molecular complexity index is 450. The normalized spacial score (nSPS) is 12.9. The smallest absolute Gasteiger partial charge is 0.147 e. The van der Waals surface area contributed by atoms with Crippen molar-refractivity contribution in [3.05, 3.63) is 30.5 Å². The molecule has 64 valence electrons. The molecule has 4 heteroatoms. The fourth-order valence-electron chi connectivity index (χ4n) is 1.50. The fraction of sp³-hybridized carbons (Fsp3) is 0.111. The summed E-state index contributed by atoms with van der Waals surface area (Å²) in [6.45, 7) is 0.550. The Kier molecular flexibility index (Phi) is 1.19. The molecule has 0 atom stereocenters. The zero-order valence-electron chi connectivity index (χ0n) is 6.82. The van der Waals surface area contributed by atoms with E-state index in [9.17, 15) is 0 Å². The van der Waals surface area contributed by atoms with E-state index in [-0.39, 0.29) is 0 Å². The highest BCUT2D eigenvalue weighted by molar-refractivity contribution is 5.69. The minimum absolute atomic E-state index is 0.550. The predicted octanol–water partition coefficient (Wildman–Crippen LogP) is 1.36. The Labute approximate surface area is 74.6 Å². The molecular weight excluding hydrogens is 166 g/mol. The third-order valence-corrected chi connectivity index (χ3v) is 2.13. The summed E-state index contributed by atoms with van der Waals surface area (Å²) in [5.41, 5.74) is 3.01. The summed E-state index contributed by atoms with van der Waals surface area (Å²) in [7, 11) is 0. The lowest BCUT2D eigenvalue weighted by molar-refractivity contribution is 0.296. The second-order valence-electron chi connectivity index (χ2n) is 2.89. The monoisotopic (exact) mass is 173 g/mol. The number of rotatable bonds is 0. The van der Waals surface area contributed by atoms with E-state index >= 15 is 0 Å². The first kappa shape index (κ1) is 6.65. The zero-order valence-corrected chi connectivity index (χ0v) is 6.82. The van der Waals surface area contributed by atoms with Crippen molar-refractivity contribution in [1.29, 1.82) is 0 Å². The number of H-pyrrole nitrogens is 1. The van der Waals surface area contributed by atoms with E-state index in [1.165, 1.54) is 0 Å². The maximum Gasteiger partial charge on any atom is 0.147 e. The number of nitrogens with one attached hydrogen (secondary N) is 1. The van der Waals surface area contributed by atoms with E-state index < -0.39 is 0 Å². The number of hydrogen-bond acceptors (Lipinski definition) is 3. The van der Waals surface area contributed by atoms with Crippen LogP contribution in [0.3, 0.4) is 0 Å². The highest BCUT2D eigenvalue weighted by atomic mass is 16.5. The molecule has 4 nitrogen and oxygen atoms in total. The van der Waals surface area contributed by atoms with Crippen LogP contribution in [0.1, 0.15) is 5.69 Å². The summed E-state index contributed by atoms with van der Waals surface area (Å²) in [5.74, 6) is 0.808. The number of hydrogen-bond donors (Lipinski definition) is 1. The molecule has 1 aliphatic heterocycles. The molecular formula is C9H7N3O. The molecule has 2 aromatic rings. The van der Waals surface area contributed by atoms with Crippen LogP contribution in [0, 0.1) is 0 Å². The van der Waals surface area contributed by atoms with Crippen LogP contribution in [0.2, 0.25) is 0 Å². The molecule has 0 saturated heterocycles. The molecule has 0 unspecified atom stereocenters. The van der Waals surface area contributed by atoms with E-state index in [2.05, 4.69) is 15.0 Å². The van der Waals surface area contributed by atoms with Crippen molar-refractivity contribution in [3.63, 3.8) is 0 Å². The van der Waals surface area contributed by atoms with Crippen LogP contribution >= 0.6 is 0 Å². The minimum atomic E-state index is 0.550. The van der Waals surface area contributed by atoms with Gasteiger partial charge in [-0.15, -0.1) is 0 Å². The van der Waals surface area contributed by atoms with Crippen LogP contribution in [0.5, 0.6) is 5.75 Å². The van der Waals surface area contributed by atoms with Crippen LogP contribution < -0.4 is 4.74 Å². The van der Waals surface area contributed by atoms with Gasteiger partial charge in [-0.1, -0.05) is 0 Å². The third-order valence-electron chi connectivity index (χ3n) is 2.13. The van der Waals surface area contributed by atoms with Crippen molar-refractivity contribution >= 4 is 0 Å². The molecule has 0 aromatic carbocycles.